The number of nitrogens with one attached hydrogen (secondary N) is 3. The molecule has 0 radical (unpaired) electrons. The van der Waals surface area contributed by atoms with Gasteiger partial charge in [-0.25, -0.2) is 9.87 Å². The van der Waals surface area contributed by atoms with Gasteiger partial charge in [0.15, 0.2) is 11.5 Å². The van der Waals surface area contributed by atoms with Crippen molar-refractivity contribution in [3.05, 3.63) is 48.3 Å². The number of benzene rings is 1. The minimum absolute atomic E-state index is 0.0490. The van der Waals surface area contributed by atoms with E-state index in [-0.39, 0.29) is 23.3 Å². The lowest BCUT2D eigenvalue weighted by molar-refractivity contribution is -0.119. The SMILES string of the molecule is C=C(\N=C1C(=C\N)/C(=N/NC)C(=O)N/1C)ONc1cc(F)cc(NCCC)c1. The molecule has 1 amide bonds. The minimum Gasteiger partial charge on any atom is -0.404 e. The number of carbonyl (C=O) groups excluding carboxylic acids is 1. The Labute approximate surface area is 162 Å². The average molecular weight is 389 g/mol. The van der Waals surface area contributed by atoms with Crippen LogP contribution in [0.15, 0.2) is 52.5 Å². The summed E-state index contributed by atoms with van der Waals surface area (Å²) < 4.78 is 13.7. The summed E-state index contributed by atoms with van der Waals surface area (Å²) in [6, 6.07) is 4.34. The third-order valence-corrected chi connectivity index (χ3v) is 3.71. The third kappa shape index (κ3) is 4.78. The number of amidine groups is 1. The zero-order valence-corrected chi connectivity index (χ0v) is 16.0. The molecular formula is C18H24FN7O2. The van der Waals surface area contributed by atoms with Gasteiger partial charge < -0.3 is 21.3 Å². The van der Waals surface area contributed by atoms with E-state index in [9.17, 15) is 9.18 Å². The van der Waals surface area contributed by atoms with E-state index < -0.39 is 5.82 Å². The number of nitrogens with two attached hydrogens (primary N) is 1. The van der Waals surface area contributed by atoms with Gasteiger partial charge in [0.1, 0.15) is 5.82 Å². The summed E-state index contributed by atoms with van der Waals surface area (Å²) in [5.41, 5.74) is 12.2. The summed E-state index contributed by atoms with van der Waals surface area (Å²) in [6.07, 6.45) is 2.14. The molecule has 9 nitrogen and oxygen atoms in total. The predicted octanol–water partition coefficient (Wildman–Crippen LogP) is 1.75. The standard InChI is InChI=1S/C18H24FN7O2/c1-5-6-22-13-7-12(19)8-14(9-13)25-28-11(2)23-17-15(10-20)16(24-21-3)18(27)26(17)4/h7-10,21-22,25H,2,5-6,20H2,1,3-4H3/b15-10-,23-17+,24-16-. The van der Waals surface area contributed by atoms with Gasteiger partial charge >= 0.3 is 0 Å². The quantitative estimate of drug-likeness (QED) is 0.398. The summed E-state index contributed by atoms with van der Waals surface area (Å²) in [5, 5.41) is 7.01. The molecule has 1 saturated heterocycles. The molecule has 150 valence electrons. The summed E-state index contributed by atoms with van der Waals surface area (Å²) in [5.74, 6) is -0.612. The second-order valence-electron chi connectivity index (χ2n) is 5.82. The molecule has 10 heteroatoms. The molecule has 2 rings (SSSR count). The lowest BCUT2D eigenvalue weighted by Gasteiger charge is -2.12. The van der Waals surface area contributed by atoms with E-state index in [1.807, 2.05) is 6.92 Å². The second kappa shape index (κ2) is 9.40. The third-order valence-electron chi connectivity index (χ3n) is 3.71. The van der Waals surface area contributed by atoms with E-state index in [1.54, 1.807) is 13.1 Å². The number of aliphatic imine (C=N–C) groups is 1. The van der Waals surface area contributed by atoms with Gasteiger partial charge in [-0.1, -0.05) is 6.92 Å². The maximum atomic E-state index is 13.7. The van der Waals surface area contributed by atoms with Crippen LogP contribution in [0.1, 0.15) is 13.3 Å². The average Bonchev–Trinajstić information content (AvgIpc) is 2.89. The van der Waals surface area contributed by atoms with Gasteiger partial charge in [0.2, 0.25) is 5.88 Å². The van der Waals surface area contributed by atoms with Crippen LogP contribution < -0.4 is 22.0 Å². The molecule has 0 unspecified atom stereocenters. The van der Waals surface area contributed by atoms with Crippen LogP contribution in [-0.2, 0) is 9.63 Å². The molecule has 0 bridgehead atoms. The highest BCUT2D eigenvalue weighted by Gasteiger charge is 2.36. The van der Waals surface area contributed by atoms with E-state index in [1.165, 1.54) is 30.3 Å². The number of rotatable bonds is 8. The molecule has 0 aliphatic carbocycles. The highest BCUT2D eigenvalue weighted by molar-refractivity contribution is 6.59. The summed E-state index contributed by atoms with van der Waals surface area (Å²) in [7, 11) is 3.10. The smallest absolute Gasteiger partial charge is 0.280 e. The van der Waals surface area contributed by atoms with Crippen LogP contribution in [0.4, 0.5) is 15.8 Å². The molecule has 1 aliphatic heterocycles. The van der Waals surface area contributed by atoms with Crippen molar-refractivity contribution in [3.63, 3.8) is 0 Å². The van der Waals surface area contributed by atoms with E-state index >= 15 is 0 Å². The Kier molecular flexibility index (Phi) is 6.96. The summed E-state index contributed by atoms with van der Waals surface area (Å²) >= 11 is 0. The van der Waals surface area contributed by atoms with Crippen LogP contribution in [0.25, 0.3) is 0 Å². The Morgan fingerprint density at radius 1 is 1.39 bits per heavy atom. The van der Waals surface area contributed by atoms with Gasteiger partial charge in [0.05, 0.1) is 11.3 Å². The normalized spacial score (nSPS) is 18.1. The number of hydrogen-bond donors (Lipinski definition) is 4. The van der Waals surface area contributed by atoms with Crippen LogP contribution in [0, 0.1) is 5.82 Å². The second-order valence-corrected chi connectivity index (χ2v) is 5.82. The molecule has 0 aromatic heterocycles. The van der Waals surface area contributed by atoms with Crippen molar-refractivity contribution in [2.75, 3.05) is 31.4 Å². The van der Waals surface area contributed by atoms with Crippen LogP contribution >= 0.6 is 0 Å². The number of hydrogen-bond acceptors (Lipinski definition) is 8. The fourth-order valence-electron chi connectivity index (χ4n) is 2.44. The number of halogens is 1. The van der Waals surface area contributed by atoms with Crippen molar-refractivity contribution in [2.45, 2.75) is 13.3 Å². The van der Waals surface area contributed by atoms with Crippen molar-refractivity contribution < 1.29 is 14.0 Å². The van der Waals surface area contributed by atoms with Gasteiger partial charge in [-0.2, -0.15) is 10.1 Å². The first-order chi connectivity index (χ1) is 13.4. The Hall–Kier alpha value is -3.56. The van der Waals surface area contributed by atoms with E-state index in [4.69, 9.17) is 10.6 Å². The van der Waals surface area contributed by atoms with Crippen molar-refractivity contribution >= 4 is 28.8 Å². The van der Waals surface area contributed by atoms with Gasteiger partial charge in [-0.3, -0.25) is 9.69 Å². The van der Waals surface area contributed by atoms with Crippen molar-refractivity contribution in [2.24, 2.45) is 15.8 Å². The van der Waals surface area contributed by atoms with Crippen LogP contribution in [-0.4, -0.2) is 43.0 Å². The first kappa shape index (κ1) is 20.7. The molecule has 1 aromatic rings. The Bertz CT molecular complexity index is 848. The summed E-state index contributed by atoms with van der Waals surface area (Å²) in [4.78, 5) is 23.0. The van der Waals surface area contributed by atoms with Crippen LogP contribution in [0.3, 0.4) is 0 Å². The zero-order valence-electron chi connectivity index (χ0n) is 16.0. The molecule has 1 aliphatic rings. The highest BCUT2D eigenvalue weighted by atomic mass is 19.1. The van der Waals surface area contributed by atoms with Gasteiger partial charge in [0.25, 0.3) is 5.91 Å². The number of hydrazone groups is 1. The molecular weight excluding hydrogens is 365 g/mol. The monoisotopic (exact) mass is 389 g/mol. The van der Waals surface area contributed by atoms with Crippen molar-refractivity contribution in [1.29, 1.82) is 0 Å². The minimum atomic E-state index is -0.425. The fraction of sp³-hybridized carbons (Fsp3) is 0.278. The topological polar surface area (TPSA) is 116 Å². The first-order valence-electron chi connectivity index (χ1n) is 8.61. The molecule has 1 heterocycles. The predicted molar refractivity (Wildman–Crippen MR) is 108 cm³/mol. The number of carbonyl (C=O) groups is 1. The number of likely N-dealkylation sites (N-methyl/N-ethyl adjacent to an activating group) is 1. The Morgan fingerprint density at radius 3 is 2.75 bits per heavy atom. The van der Waals surface area contributed by atoms with Crippen LogP contribution in [0.2, 0.25) is 0 Å². The lowest BCUT2D eigenvalue weighted by atomic mass is 10.2. The number of nitrogens with zero attached hydrogens (tertiary/aromatic N) is 3. The largest absolute Gasteiger partial charge is 0.404 e. The van der Waals surface area contributed by atoms with Crippen molar-refractivity contribution in [3.8, 4) is 0 Å². The fourth-order valence-corrected chi connectivity index (χ4v) is 2.44. The van der Waals surface area contributed by atoms with E-state index in [2.05, 4.69) is 32.9 Å². The number of anilines is 2. The van der Waals surface area contributed by atoms with E-state index in [0.717, 1.165) is 13.0 Å². The Balaban J connectivity index is 2.12. The molecule has 1 fully saturated rings. The molecule has 0 atom stereocenters. The van der Waals surface area contributed by atoms with Gasteiger partial charge in [-0.05, 0) is 25.1 Å². The molecule has 0 saturated carbocycles. The highest BCUT2D eigenvalue weighted by Crippen LogP contribution is 2.20. The molecule has 0 spiro atoms. The van der Waals surface area contributed by atoms with Gasteiger partial charge in [0, 0.05) is 38.6 Å². The number of likely N-dealkylation sites (tertiary alicyclic amines) is 1. The summed E-state index contributed by atoms with van der Waals surface area (Å²) in [6.45, 7) is 6.41. The number of amides is 1. The van der Waals surface area contributed by atoms with Crippen molar-refractivity contribution in [1.82, 2.24) is 10.3 Å². The molecule has 28 heavy (non-hydrogen) atoms. The van der Waals surface area contributed by atoms with Gasteiger partial charge in [-0.15, -0.1) is 0 Å². The van der Waals surface area contributed by atoms with E-state index in [0.29, 0.717) is 16.9 Å². The zero-order chi connectivity index (χ0) is 20.7. The maximum absolute atomic E-state index is 13.7. The first-order valence-corrected chi connectivity index (χ1v) is 8.61. The maximum Gasteiger partial charge on any atom is 0.280 e. The molecule has 1 aromatic carbocycles. The van der Waals surface area contributed by atoms with Crippen LogP contribution in [0.5, 0.6) is 0 Å². The lowest BCUT2D eigenvalue weighted by Crippen LogP contribution is -2.27. The Morgan fingerprint density at radius 2 is 2.11 bits per heavy atom. The molecule has 5 N–H and O–H groups in total.